The first kappa shape index (κ1) is 24.7. The number of carbonyl (C=O) groups is 3. The Balaban J connectivity index is 1.51. The highest BCUT2D eigenvalue weighted by atomic mass is 16.6. The first-order valence-corrected chi connectivity index (χ1v) is 11.8. The van der Waals surface area contributed by atoms with E-state index in [1.165, 1.54) is 4.90 Å². The average molecular weight is 481 g/mol. The van der Waals surface area contributed by atoms with E-state index >= 15 is 0 Å². The molecule has 0 bridgehead atoms. The summed E-state index contributed by atoms with van der Waals surface area (Å²) in [6, 6.07) is 16.0. The number of benzene rings is 2. The number of ether oxygens (including phenoxy) is 2. The number of fused-ring (bicyclic) bond motifs is 3. The summed E-state index contributed by atoms with van der Waals surface area (Å²) in [4.78, 5) is 39.0. The van der Waals surface area contributed by atoms with Gasteiger partial charge in [-0.2, -0.15) is 0 Å². The van der Waals surface area contributed by atoms with E-state index in [2.05, 4.69) is 0 Å². The van der Waals surface area contributed by atoms with E-state index in [1.807, 2.05) is 48.5 Å². The van der Waals surface area contributed by atoms with Gasteiger partial charge in [-0.3, -0.25) is 14.5 Å². The summed E-state index contributed by atoms with van der Waals surface area (Å²) in [5.74, 6) is -1.85. The summed E-state index contributed by atoms with van der Waals surface area (Å²) in [7, 11) is 0. The van der Waals surface area contributed by atoms with Crippen molar-refractivity contribution in [1.29, 1.82) is 0 Å². The van der Waals surface area contributed by atoms with Crippen molar-refractivity contribution in [2.45, 2.75) is 57.7 Å². The van der Waals surface area contributed by atoms with Gasteiger partial charge in [0.25, 0.3) is 0 Å². The number of piperidine rings is 1. The molecule has 1 saturated heterocycles. The Bertz CT molecular complexity index is 1090. The average Bonchev–Trinajstić information content (AvgIpc) is 3.09. The van der Waals surface area contributed by atoms with Crippen molar-refractivity contribution >= 4 is 18.0 Å². The van der Waals surface area contributed by atoms with E-state index in [0.717, 1.165) is 22.3 Å². The summed E-state index contributed by atoms with van der Waals surface area (Å²) in [5, 5.41) is 9.58. The predicted molar refractivity (Wildman–Crippen MR) is 130 cm³/mol. The molecule has 1 aliphatic heterocycles. The molecule has 2 unspecified atom stereocenters. The topological polar surface area (TPSA) is 119 Å². The quantitative estimate of drug-likeness (QED) is 0.618. The van der Waals surface area contributed by atoms with Gasteiger partial charge in [-0.15, -0.1) is 0 Å². The van der Waals surface area contributed by atoms with Crippen LogP contribution < -0.4 is 5.73 Å². The Morgan fingerprint density at radius 2 is 1.63 bits per heavy atom. The van der Waals surface area contributed by atoms with Crippen LogP contribution in [0, 0.1) is 5.41 Å². The third-order valence-electron chi connectivity index (χ3n) is 6.73. The summed E-state index contributed by atoms with van der Waals surface area (Å²) >= 11 is 0. The zero-order valence-electron chi connectivity index (χ0n) is 20.3. The Hall–Kier alpha value is -3.39. The lowest BCUT2D eigenvalue weighted by atomic mass is 9.74. The third kappa shape index (κ3) is 5.03. The first-order chi connectivity index (χ1) is 16.5. The maximum atomic E-state index is 13.4. The van der Waals surface area contributed by atoms with Crippen LogP contribution in [0.25, 0.3) is 11.1 Å². The van der Waals surface area contributed by atoms with Crippen molar-refractivity contribution in [1.82, 2.24) is 4.90 Å². The predicted octanol–water partition coefficient (Wildman–Crippen LogP) is 4.12. The van der Waals surface area contributed by atoms with Crippen molar-refractivity contribution in [3.05, 3.63) is 59.7 Å². The Kier molecular flexibility index (Phi) is 6.60. The number of carbonyl (C=O) groups excluding carboxylic acids is 2. The van der Waals surface area contributed by atoms with Gasteiger partial charge in [-0.05, 0) is 55.9 Å². The molecule has 0 radical (unpaired) electrons. The van der Waals surface area contributed by atoms with Crippen LogP contribution in [0.4, 0.5) is 4.79 Å². The third-order valence-corrected chi connectivity index (χ3v) is 6.73. The number of likely N-dealkylation sites (tertiary alicyclic amines) is 1. The van der Waals surface area contributed by atoms with Gasteiger partial charge >= 0.3 is 18.0 Å². The Morgan fingerprint density at radius 3 is 2.14 bits per heavy atom. The molecule has 1 fully saturated rings. The number of hydrogen-bond donors (Lipinski definition) is 2. The highest BCUT2D eigenvalue weighted by Gasteiger charge is 2.49. The largest absolute Gasteiger partial charge is 0.481 e. The molecule has 1 heterocycles. The van der Waals surface area contributed by atoms with Crippen molar-refractivity contribution < 1.29 is 29.0 Å². The molecule has 0 aromatic heterocycles. The first-order valence-electron chi connectivity index (χ1n) is 11.8. The number of nitrogens with two attached hydrogens (primary N) is 1. The Labute approximate surface area is 205 Å². The normalized spacial score (nSPS) is 21.7. The fourth-order valence-electron chi connectivity index (χ4n) is 5.12. The molecule has 2 aromatic rings. The minimum Gasteiger partial charge on any atom is -0.481 e. The molecule has 186 valence electrons. The number of aliphatic carboxylic acids is 1. The molecule has 8 heteroatoms. The molecule has 35 heavy (non-hydrogen) atoms. The maximum Gasteiger partial charge on any atom is 0.411 e. The van der Waals surface area contributed by atoms with Crippen molar-refractivity contribution in [2.24, 2.45) is 11.1 Å². The number of nitrogens with zero attached hydrogens (tertiary/aromatic N) is 1. The number of rotatable bonds is 5. The smallest absolute Gasteiger partial charge is 0.411 e. The number of carboxylic acid groups (broad SMARTS) is 1. The van der Waals surface area contributed by atoms with Gasteiger partial charge in [-0.1, -0.05) is 48.5 Å². The minimum atomic E-state index is -1.32. The van der Waals surface area contributed by atoms with E-state index in [4.69, 9.17) is 15.2 Å². The number of amides is 1. The molecule has 2 aromatic carbocycles. The zero-order valence-corrected chi connectivity index (χ0v) is 20.3. The minimum absolute atomic E-state index is 0.0186. The van der Waals surface area contributed by atoms with Gasteiger partial charge in [0, 0.05) is 12.5 Å². The zero-order chi connectivity index (χ0) is 25.4. The van der Waals surface area contributed by atoms with Crippen LogP contribution in [0.5, 0.6) is 0 Å². The molecule has 1 amide bonds. The molecule has 0 saturated carbocycles. The second-order valence-corrected chi connectivity index (χ2v) is 10.4. The lowest BCUT2D eigenvalue weighted by Crippen LogP contribution is -2.57. The van der Waals surface area contributed by atoms with Crippen molar-refractivity contribution in [3.8, 4) is 11.1 Å². The van der Waals surface area contributed by atoms with Crippen LogP contribution in [-0.4, -0.2) is 53.0 Å². The molecular weight excluding hydrogens is 448 g/mol. The SMILES string of the molecule is CC(C)(C)OC(=O)N1CCC(CC(=O)O)(C(=O)OCC2c3ccccc3-c3ccccc32)CC1N. The highest BCUT2D eigenvalue weighted by Crippen LogP contribution is 2.45. The molecule has 1 aliphatic carbocycles. The molecule has 2 atom stereocenters. The number of esters is 1. The molecule has 3 N–H and O–H groups in total. The fourth-order valence-corrected chi connectivity index (χ4v) is 5.12. The van der Waals surface area contributed by atoms with Crippen LogP contribution in [-0.2, 0) is 19.1 Å². The highest BCUT2D eigenvalue weighted by molar-refractivity contribution is 5.84. The van der Waals surface area contributed by atoms with Gasteiger partial charge in [0.05, 0.1) is 18.0 Å². The van der Waals surface area contributed by atoms with Crippen LogP contribution in [0.3, 0.4) is 0 Å². The number of carboxylic acids is 1. The second kappa shape index (κ2) is 9.34. The van der Waals surface area contributed by atoms with Gasteiger partial charge in [0.15, 0.2) is 0 Å². The van der Waals surface area contributed by atoms with Crippen LogP contribution >= 0.6 is 0 Å². The van der Waals surface area contributed by atoms with Crippen molar-refractivity contribution in [2.75, 3.05) is 13.2 Å². The fraction of sp³-hybridized carbons (Fsp3) is 0.444. The molecule has 2 aliphatic rings. The summed E-state index contributed by atoms with van der Waals surface area (Å²) in [5.41, 5.74) is 8.61. The van der Waals surface area contributed by atoms with E-state index in [1.54, 1.807) is 20.8 Å². The lowest BCUT2D eigenvalue weighted by Gasteiger charge is -2.43. The maximum absolute atomic E-state index is 13.4. The van der Waals surface area contributed by atoms with Gasteiger partial charge in [0.2, 0.25) is 0 Å². The van der Waals surface area contributed by atoms with E-state index in [0.29, 0.717) is 0 Å². The molecular formula is C27H32N2O6. The van der Waals surface area contributed by atoms with Crippen LogP contribution in [0.1, 0.15) is 57.1 Å². The molecule has 4 rings (SSSR count). The summed E-state index contributed by atoms with van der Waals surface area (Å²) in [6.07, 6.45) is -1.75. The molecule has 8 nitrogen and oxygen atoms in total. The second-order valence-electron chi connectivity index (χ2n) is 10.4. The van der Waals surface area contributed by atoms with E-state index in [-0.39, 0.29) is 31.9 Å². The van der Waals surface area contributed by atoms with Gasteiger partial charge < -0.3 is 20.3 Å². The summed E-state index contributed by atoms with van der Waals surface area (Å²) < 4.78 is 11.2. The monoisotopic (exact) mass is 480 g/mol. The van der Waals surface area contributed by atoms with E-state index in [9.17, 15) is 19.5 Å². The molecule has 0 spiro atoms. The number of hydrogen-bond acceptors (Lipinski definition) is 6. The lowest BCUT2D eigenvalue weighted by molar-refractivity contribution is -0.166. The van der Waals surface area contributed by atoms with Gasteiger partial charge in [0.1, 0.15) is 12.2 Å². The Morgan fingerprint density at radius 1 is 1.06 bits per heavy atom. The summed E-state index contributed by atoms with van der Waals surface area (Å²) in [6.45, 7) is 5.47. The van der Waals surface area contributed by atoms with Gasteiger partial charge in [-0.25, -0.2) is 4.79 Å². The standard InChI is InChI=1S/C27H32N2O6/c1-26(2,3)35-25(33)29-13-12-27(14-22(29)28,15-23(30)31)24(32)34-16-21-19-10-6-4-8-17(19)18-9-5-7-11-20(18)21/h4-11,21-22H,12-16,28H2,1-3H3,(H,30,31). The van der Waals surface area contributed by atoms with Crippen LogP contribution in [0.2, 0.25) is 0 Å². The van der Waals surface area contributed by atoms with Crippen molar-refractivity contribution in [3.63, 3.8) is 0 Å². The van der Waals surface area contributed by atoms with Crippen LogP contribution in [0.15, 0.2) is 48.5 Å². The van der Waals surface area contributed by atoms with E-state index < -0.39 is 41.6 Å².